The van der Waals surface area contributed by atoms with Gasteiger partial charge in [0, 0.05) is 12.5 Å². The molecule has 90 valence electrons. The zero-order chi connectivity index (χ0) is 12.2. The molecule has 8 heteroatoms. The largest absolute Gasteiger partial charge is 0.383 e. The van der Waals surface area contributed by atoms with Crippen molar-refractivity contribution in [2.75, 3.05) is 13.7 Å². The van der Waals surface area contributed by atoms with E-state index in [0.717, 1.165) is 0 Å². The van der Waals surface area contributed by atoms with Gasteiger partial charge in [-0.1, -0.05) is 0 Å². The molecule has 0 saturated heterocycles. The van der Waals surface area contributed by atoms with Crippen LogP contribution in [0.3, 0.4) is 0 Å². The molecule has 0 fully saturated rings. The third-order valence-electron chi connectivity index (χ3n) is 1.83. The summed E-state index contributed by atoms with van der Waals surface area (Å²) in [7, 11) is -2.31. The molecule has 0 saturated carbocycles. The highest BCUT2D eigenvalue weighted by atomic mass is 32.2. The highest BCUT2D eigenvalue weighted by Gasteiger charge is 2.24. The zero-order valence-electron chi connectivity index (χ0n) is 8.84. The molecule has 1 aromatic rings. The first-order chi connectivity index (χ1) is 7.47. The quantitative estimate of drug-likeness (QED) is 0.823. The summed E-state index contributed by atoms with van der Waals surface area (Å²) in [6.45, 7) is 1.49. The van der Waals surface area contributed by atoms with Crippen LogP contribution in [-0.2, 0) is 14.8 Å². The van der Waals surface area contributed by atoms with E-state index in [1.54, 1.807) is 0 Å². The highest BCUT2D eigenvalue weighted by molar-refractivity contribution is 7.90. The van der Waals surface area contributed by atoms with Crippen molar-refractivity contribution in [3.8, 4) is 0 Å². The van der Waals surface area contributed by atoms with E-state index in [4.69, 9.17) is 4.74 Å². The van der Waals surface area contributed by atoms with Gasteiger partial charge in [-0.3, -0.25) is 4.79 Å². The summed E-state index contributed by atoms with van der Waals surface area (Å²) >= 11 is 1.22. The number of ether oxygens (including phenoxy) is 1. The fourth-order valence-electron chi connectivity index (χ4n) is 0.931. The van der Waals surface area contributed by atoms with E-state index in [9.17, 15) is 13.2 Å². The maximum Gasteiger partial charge on any atom is 0.284 e. The lowest BCUT2D eigenvalue weighted by atomic mass is 10.5. The van der Waals surface area contributed by atoms with Gasteiger partial charge >= 0.3 is 0 Å². The van der Waals surface area contributed by atoms with Crippen LogP contribution in [0.1, 0.15) is 17.4 Å². The summed E-state index contributed by atoms with van der Waals surface area (Å²) < 4.78 is 29.8. The number of nitrogens with zero attached hydrogens (tertiary/aromatic N) is 1. The zero-order valence-corrected chi connectivity index (χ0v) is 10.5. The van der Waals surface area contributed by atoms with E-state index in [1.807, 2.05) is 4.72 Å². The van der Waals surface area contributed by atoms with Crippen LogP contribution in [0.15, 0.2) is 10.9 Å². The summed E-state index contributed by atoms with van der Waals surface area (Å²) in [4.78, 5) is 15.2. The van der Waals surface area contributed by atoms with Gasteiger partial charge in [0.25, 0.3) is 5.91 Å². The third kappa shape index (κ3) is 3.26. The van der Waals surface area contributed by atoms with Crippen LogP contribution in [0.2, 0.25) is 0 Å². The van der Waals surface area contributed by atoms with E-state index >= 15 is 0 Å². The molecule has 0 aromatic carbocycles. The van der Waals surface area contributed by atoms with Gasteiger partial charge in [-0.2, -0.15) is 0 Å². The molecule has 0 radical (unpaired) electrons. The van der Waals surface area contributed by atoms with Crippen LogP contribution in [0.4, 0.5) is 0 Å². The summed E-state index contributed by atoms with van der Waals surface area (Å²) in [6.07, 6.45) is 0. The van der Waals surface area contributed by atoms with Crippen molar-refractivity contribution in [2.24, 2.45) is 0 Å². The number of hydrogen-bond donors (Lipinski definition) is 1. The number of methoxy groups -OCH3 is 1. The van der Waals surface area contributed by atoms with Crippen LogP contribution in [0.5, 0.6) is 0 Å². The molecule has 1 N–H and O–H groups in total. The number of carbonyl (C=O) groups is 1. The van der Waals surface area contributed by atoms with Crippen molar-refractivity contribution < 1.29 is 17.9 Å². The number of aromatic nitrogens is 1. The lowest BCUT2D eigenvalue weighted by molar-refractivity contribution is 0.0976. The normalized spacial score (nSPS) is 13.4. The second-order valence-electron chi connectivity index (χ2n) is 3.12. The Bertz CT molecular complexity index is 441. The molecule has 1 aromatic heterocycles. The molecule has 6 nitrogen and oxygen atoms in total. The van der Waals surface area contributed by atoms with E-state index in [1.165, 1.54) is 36.3 Å². The molecule has 0 aliphatic rings. The molecular weight excluding hydrogens is 252 g/mol. The van der Waals surface area contributed by atoms with Gasteiger partial charge in [0.15, 0.2) is 0 Å². The van der Waals surface area contributed by atoms with Crippen molar-refractivity contribution in [3.05, 3.63) is 16.6 Å². The van der Waals surface area contributed by atoms with Gasteiger partial charge in [0.1, 0.15) is 10.9 Å². The SMILES string of the molecule is COC[C@@H](C)S(=O)(=O)NC(=O)c1cscn1. The molecule has 0 spiro atoms. The van der Waals surface area contributed by atoms with Crippen LogP contribution in [-0.4, -0.2) is 38.3 Å². The van der Waals surface area contributed by atoms with Crippen molar-refractivity contribution in [3.63, 3.8) is 0 Å². The van der Waals surface area contributed by atoms with E-state index < -0.39 is 21.2 Å². The fourth-order valence-corrected chi connectivity index (χ4v) is 2.34. The average Bonchev–Trinajstić information content (AvgIpc) is 2.70. The molecule has 0 unspecified atom stereocenters. The number of hydrogen-bond acceptors (Lipinski definition) is 6. The van der Waals surface area contributed by atoms with Crippen LogP contribution >= 0.6 is 11.3 Å². The number of thiazole rings is 1. The first kappa shape index (κ1) is 13.1. The minimum Gasteiger partial charge on any atom is -0.383 e. The van der Waals surface area contributed by atoms with Crippen LogP contribution < -0.4 is 4.72 Å². The Morgan fingerprint density at radius 3 is 2.88 bits per heavy atom. The van der Waals surface area contributed by atoms with E-state index in [2.05, 4.69) is 4.98 Å². The Kier molecular flexibility index (Phi) is 4.39. The van der Waals surface area contributed by atoms with Gasteiger partial charge in [-0.05, 0) is 6.92 Å². The number of amides is 1. The smallest absolute Gasteiger partial charge is 0.284 e. The standard InChI is InChI=1S/C8H12N2O4S2/c1-6(3-14-2)16(12,13)10-8(11)7-4-15-5-9-7/h4-6H,3H2,1-2H3,(H,10,11)/t6-/m1/s1. The van der Waals surface area contributed by atoms with Crippen LogP contribution in [0, 0.1) is 0 Å². The predicted octanol–water partition coefficient (Wildman–Crippen LogP) is 0.238. The highest BCUT2D eigenvalue weighted by Crippen LogP contribution is 2.04. The van der Waals surface area contributed by atoms with Crippen molar-refractivity contribution in [1.29, 1.82) is 0 Å². The molecule has 1 rings (SSSR count). The Morgan fingerprint density at radius 2 is 2.38 bits per heavy atom. The van der Waals surface area contributed by atoms with Crippen molar-refractivity contribution >= 4 is 27.3 Å². The van der Waals surface area contributed by atoms with E-state index in [-0.39, 0.29) is 12.3 Å². The van der Waals surface area contributed by atoms with Gasteiger partial charge in [0.2, 0.25) is 10.0 Å². The second kappa shape index (κ2) is 5.37. The summed E-state index contributed by atoms with van der Waals surface area (Å²) in [5.41, 5.74) is 1.55. The molecular formula is C8H12N2O4S2. The van der Waals surface area contributed by atoms with Crippen molar-refractivity contribution in [1.82, 2.24) is 9.71 Å². The van der Waals surface area contributed by atoms with Gasteiger partial charge in [-0.25, -0.2) is 18.1 Å². The number of rotatable bonds is 5. The number of carbonyl (C=O) groups excluding carboxylic acids is 1. The molecule has 1 atom stereocenters. The molecule has 0 aliphatic heterocycles. The van der Waals surface area contributed by atoms with Gasteiger partial charge < -0.3 is 4.74 Å². The summed E-state index contributed by atoms with van der Waals surface area (Å²) in [5.74, 6) is -0.718. The number of sulfonamides is 1. The molecule has 1 amide bonds. The third-order valence-corrected chi connectivity index (χ3v) is 4.08. The first-order valence-electron chi connectivity index (χ1n) is 4.40. The maximum atomic E-state index is 11.6. The van der Waals surface area contributed by atoms with Crippen molar-refractivity contribution in [2.45, 2.75) is 12.2 Å². The first-order valence-corrected chi connectivity index (χ1v) is 6.89. The Balaban J connectivity index is 2.70. The van der Waals surface area contributed by atoms with E-state index in [0.29, 0.717) is 0 Å². The van der Waals surface area contributed by atoms with Crippen LogP contribution in [0.25, 0.3) is 0 Å². The number of nitrogens with one attached hydrogen (secondary N) is 1. The summed E-state index contributed by atoms with van der Waals surface area (Å²) in [6, 6.07) is 0. The Morgan fingerprint density at radius 1 is 1.69 bits per heavy atom. The second-order valence-corrected chi connectivity index (χ2v) is 5.93. The monoisotopic (exact) mass is 264 g/mol. The molecule has 0 bridgehead atoms. The minimum absolute atomic E-state index is 0.0275. The Hall–Kier alpha value is -0.990. The minimum atomic E-state index is -3.71. The summed E-state index contributed by atoms with van der Waals surface area (Å²) in [5, 5.41) is 0.686. The molecule has 0 aliphatic carbocycles. The lowest BCUT2D eigenvalue weighted by Crippen LogP contribution is -2.39. The van der Waals surface area contributed by atoms with Gasteiger partial charge in [0.05, 0.1) is 12.1 Å². The lowest BCUT2D eigenvalue weighted by Gasteiger charge is -2.11. The predicted molar refractivity (Wildman–Crippen MR) is 59.8 cm³/mol. The fraction of sp³-hybridized carbons (Fsp3) is 0.500. The Labute approximate surface area is 97.7 Å². The maximum absolute atomic E-state index is 11.6. The molecule has 1 heterocycles. The van der Waals surface area contributed by atoms with Gasteiger partial charge in [-0.15, -0.1) is 11.3 Å². The average molecular weight is 264 g/mol. The topological polar surface area (TPSA) is 85.4 Å². The molecule has 16 heavy (non-hydrogen) atoms.